The van der Waals surface area contributed by atoms with Gasteiger partial charge in [0, 0.05) is 17.8 Å². The topological polar surface area (TPSA) is 95.9 Å². The van der Waals surface area contributed by atoms with Crippen molar-refractivity contribution >= 4 is 23.0 Å². The minimum Gasteiger partial charge on any atom is -0.497 e. The summed E-state index contributed by atoms with van der Waals surface area (Å²) < 4.78 is 48.0. The number of benzene rings is 3. The zero-order valence-electron chi connectivity index (χ0n) is 22.8. The highest BCUT2D eigenvalue weighted by Gasteiger charge is 2.49. The Morgan fingerprint density at radius 2 is 1.76 bits per heavy atom. The van der Waals surface area contributed by atoms with Gasteiger partial charge in [0.25, 0.3) is 0 Å². The highest BCUT2D eigenvalue weighted by atomic mass is 19.1. The van der Waals surface area contributed by atoms with Crippen LogP contribution in [0.15, 0.2) is 65.6 Å². The number of carbonyl (C=O) groups is 2. The smallest absolute Gasteiger partial charge is 0.408 e. The Bertz CT molecular complexity index is 1710. The van der Waals surface area contributed by atoms with Crippen LogP contribution in [0.1, 0.15) is 46.8 Å². The highest BCUT2D eigenvalue weighted by molar-refractivity contribution is 5.95. The molecular formula is C31H28F2N2O6. The van der Waals surface area contributed by atoms with Crippen LogP contribution >= 0.6 is 0 Å². The number of amides is 1. The first-order valence-electron chi connectivity index (χ1n) is 13.1. The number of esters is 1. The predicted molar refractivity (Wildman–Crippen MR) is 147 cm³/mol. The summed E-state index contributed by atoms with van der Waals surface area (Å²) in [6.07, 6.45) is 1.34. The molecule has 0 spiro atoms. The number of nitrogens with zero attached hydrogens (tertiary/aromatic N) is 1. The molecule has 0 aliphatic heterocycles. The van der Waals surface area contributed by atoms with Crippen LogP contribution in [-0.2, 0) is 21.6 Å². The lowest BCUT2D eigenvalue weighted by Gasteiger charge is -2.24. The number of rotatable bonds is 8. The van der Waals surface area contributed by atoms with Crippen LogP contribution in [0.5, 0.6) is 5.75 Å². The van der Waals surface area contributed by atoms with E-state index in [1.165, 1.54) is 30.0 Å². The van der Waals surface area contributed by atoms with E-state index < -0.39 is 34.7 Å². The first-order chi connectivity index (χ1) is 19.7. The molecule has 212 valence electrons. The number of alkyl carbamates (subject to hydrolysis) is 1. The van der Waals surface area contributed by atoms with Crippen LogP contribution in [0.4, 0.5) is 13.6 Å². The third-order valence-electron chi connectivity index (χ3n) is 7.18. The summed E-state index contributed by atoms with van der Waals surface area (Å²) in [6.45, 7) is 3.23. The van der Waals surface area contributed by atoms with Crippen molar-refractivity contribution in [1.29, 1.82) is 0 Å². The standard InChI is InChI=1S/C31H28F2N2O6/c1-4-40-29(37)22-16-35(25-11-10-20(39-3)14-23(25)32)27-18(2)26(24(33)15-21(27)28(22)36)31(12-13-31)34-30(38)41-17-19-8-6-5-7-9-19/h5-11,14-16H,4,12-13,17H2,1-3H3,(H,34,38). The van der Waals surface area contributed by atoms with Crippen molar-refractivity contribution in [1.82, 2.24) is 9.88 Å². The number of fused-ring (bicyclic) bond motifs is 1. The van der Waals surface area contributed by atoms with Gasteiger partial charge in [-0.25, -0.2) is 18.4 Å². The Balaban J connectivity index is 1.64. The lowest BCUT2D eigenvalue weighted by atomic mass is 9.94. The van der Waals surface area contributed by atoms with E-state index in [4.69, 9.17) is 14.2 Å². The average Bonchev–Trinajstić information content (AvgIpc) is 3.72. The van der Waals surface area contributed by atoms with Gasteiger partial charge in [0.2, 0.25) is 5.43 Å². The maximum Gasteiger partial charge on any atom is 0.408 e. The summed E-state index contributed by atoms with van der Waals surface area (Å²) in [5.41, 5.74) is -0.743. The summed E-state index contributed by atoms with van der Waals surface area (Å²) in [5.74, 6) is -2.08. The van der Waals surface area contributed by atoms with Gasteiger partial charge >= 0.3 is 12.1 Å². The van der Waals surface area contributed by atoms with E-state index in [0.717, 1.165) is 17.7 Å². The predicted octanol–water partition coefficient (Wildman–Crippen LogP) is 5.68. The minimum atomic E-state index is -1.07. The van der Waals surface area contributed by atoms with Gasteiger partial charge in [-0.3, -0.25) is 4.79 Å². The van der Waals surface area contributed by atoms with Crippen molar-refractivity contribution in [3.63, 3.8) is 0 Å². The van der Waals surface area contributed by atoms with Gasteiger partial charge in [-0.05, 0) is 56.0 Å². The van der Waals surface area contributed by atoms with Gasteiger partial charge in [0.15, 0.2) is 5.82 Å². The molecular weight excluding hydrogens is 534 g/mol. The molecule has 0 atom stereocenters. The molecule has 5 rings (SSSR count). The quantitative estimate of drug-likeness (QED) is 0.278. The summed E-state index contributed by atoms with van der Waals surface area (Å²) in [7, 11) is 1.40. The van der Waals surface area contributed by atoms with E-state index in [1.54, 1.807) is 13.8 Å². The number of aryl methyl sites for hydroxylation is 1. The maximum absolute atomic E-state index is 15.8. The molecule has 1 amide bonds. The van der Waals surface area contributed by atoms with E-state index in [-0.39, 0.29) is 46.7 Å². The molecule has 1 fully saturated rings. The molecule has 1 heterocycles. The average molecular weight is 563 g/mol. The van der Waals surface area contributed by atoms with Crippen LogP contribution in [0.25, 0.3) is 16.6 Å². The van der Waals surface area contributed by atoms with E-state index in [0.29, 0.717) is 18.4 Å². The third kappa shape index (κ3) is 5.25. The maximum atomic E-state index is 15.8. The minimum absolute atomic E-state index is 0.00193. The molecule has 3 aromatic carbocycles. The van der Waals surface area contributed by atoms with Crippen molar-refractivity contribution in [2.24, 2.45) is 0 Å². The van der Waals surface area contributed by atoms with Gasteiger partial charge in [0.05, 0.1) is 35.8 Å². The lowest BCUT2D eigenvalue weighted by molar-refractivity contribution is 0.0524. The fraction of sp³-hybridized carbons (Fsp3) is 0.258. The molecule has 41 heavy (non-hydrogen) atoms. The largest absolute Gasteiger partial charge is 0.497 e. The lowest BCUT2D eigenvalue weighted by Crippen LogP contribution is -2.36. The fourth-order valence-corrected chi connectivity index (χ4v) is 5.11. The molecule has 1 aromatic heterocycles. The van der Waals surface area contributed by atoms with Crippen molar-refractivity contribution in [3.05, 3.63) is 105 Å². The van der Waals surface area contributed by atoms with Crippen LogP contribution in [0, 0.1) is 18.6 Å². The van der Waals surface area contributed by atoms with Crippen molar-refractivity contribution < 1.29 is 32.6 Å². The van der Waals surface area contributed by atoms with Crippen molar-refractivity contribution in [3.8, 4) is 11.4 Å². The number of halogens is 2. The summed E-state index contributed by atoms with van der Waals surface area (Å²) in [5, 5.41) is 2.66. The monoisotopic (exact) mass is 562 g/mol. The number of aromatic nitrogens is 1. The van der Waals surface area contributed by atoms with Crippen molar-refractivity contribution in [2.75, 3.05) is 13.7 Å². The van der Waals surface area contributed by atoms with E-state index in [2.05, 4.69) is 5.32 Å². The van der Waals surface area contributed by atoms with Gasteiger partial charge in [-0.1, -0.05) is 30.3 Å². The van der Waals surface area contributed by atoms with Crippen LogP contribution in [0.3, 0.4) is 0 Å². The number of pyridine rings is 1. The molecule has 1 saturated carbocycles. The highest BCUT2D eigenvalue weighted by Crippen LogP contribution is 2.49. The van der Waals surface area contributed by atoms with Crippen LogP contribution in [-0.4, -0.2) is 30.3 Å². The molecule has 0 unspecified atom stereocenters. The number of ether oxygens (including phenoxy) is 3. The summed E-state index contributed by atoms with van der Waals surface area (Å²) in [4.78, 5) is 38.8. The Hall–Kier alpha value is -4.73. The fourth-order valence-electron chi connectivity index (χ4n) is 5.11. The normalized spacial score (nSPS) is 13.5. The number of hydrogen-bond donors (Lipinski definition) is 1. The number of hydrogen-bond acceptors (Lipinski definition) is 6. The van der Waals surface area contributed by atoms with Crippen molar-refractivity contribution in [2.45, 2.75) is 38.8 Å². The molecule has 1 aliphatic carbocycles. The van der Waals surface area contributed by atoms with Gasteiger partial charge < -0.3 is 24.1 Å². The zero-order chi connectivity index (χ0) is 29.3. The van der Waals surface area contributed by atoms with E-state index in [1.807, 2.05) is 30.3 Å². The third-order valence-corrected chi connectivity index (χ3v) is 7.18. The van der Waals surface area contributed by atoms with E-state index >= 15 is 8.78 Å². The molecule has 0 saturated heterocycles. The zero-order valence-corrected chi connectivity index (χ0v) is 22.8. The first-order valence-corrected chi connectivity index (χ1v) is 13.1. The Morgan fingerprint density at radius 3 is 2.39 bits per heavy atom. The summed E-state index contributed by atoms with van der Waals surface area (Å²) >= 11 is 0. The molecule has 4 aromatic rings. The van der Waals surface area contributed by atoms with Crippen LogP contribution in [0.2, 0.25) is 0 Å². The molecule has 0 bridgehead atoms. The Kier molecular flexibility index (Phi) is 7.49. The van der Waals surface area contributed by atoms with Gasteiger partial charge in [-0.2, -0.15) is 0 Å². The second-order valence-electron chi connectivity index (χ2n) is 9.80. The van der Waals surface area contributed by atoms with Gasteiger partial charge in [0.1, 0.15) is 23.7 Å². The number of carbonyl (C=O) groups excluding carboxylic acids is 2. The van der Waals surface area contributed by atoms with Crippen LogP contribution < -0.4 is 15.5 Å². The molecule has 10 heteroatoms. The van der Waals surface area contributed by atoms with E-state index in [9.17, 15) is 14.4 Å². The summed E-state index contributed by atoms with van der Waals surface area (Å²) in [6, 6.07) is 14.3. The van der Waals surface area contributed by atoms with Gasteiger partial charge in [-0.15, -0.1) is 0 Å². The second kappa shape index (κ2) is 11.0. The molecule has 1 N–H and O–H groups in total. The Morgan fingerprint density at radius 1 is 1.02 bits per heavy atom. The molecule has 1 aliphatic rings. The molecule has 8 nitrogen and oxygen atoms in total. The Labute approximate surface area is 234 Å². The number of nitrogens with one attached hydrogen (secondary N) is 1. The second-order valence-corrected chi connectivity index (χ2v) is 9.80. The SMILES string of the molecule is CCOC(=O)c1cn(-c2ccc(OC)cc2F)c2c(C)c(C3(NC(=O)OCc4ccccc4)CC3)c(F)cc2c1=O. The number of methoxy groups -OCH3 is 1. The molecule has 0 radical (unpaired) electrons. The first kappa shape index (κ1) is 27.8.